The number of anilines is 1. The van der Waals surface area contributed by atoms with E-state index in [1.807, 2.05) is 90.4 Å². The van der Waals surface area contributed by atoms with Gasteiger partial charge in [-0.05, 0) is 37.3 Å². The van der Waals surface area contributed by atoms with Crippen LogP contribution in [0, 0.1) is 6.92 Å². The van der Waals surface area contributed by atoms with Gasteiger partial charge in [-0.3, -0.25) is 9.36 Å². The van der Waals surface area contributed by atoms with Crippen molar-refractivity contribution in [2.75, 3.05) is 11.1 Å². The largest absolute Gasteiger partial charge is 0.325 e. The average Bonchev–Trinajstić information content (AvgIpc) is 3.18. The molecule has 0 fully saturated rings. The molecule has 0 radical (unpaired) electrons. The highest BCUT2D eigenvalue weighted by Crippen LogP contribution is 2.32. The van der Waals surface area contributed by atoms with E-state index >= 15 is 0 Å². The number of halogens is 1. The van der Waals surface area contributed by atoms with Gasteiger partial charge in [-0.15, -0.1) is 10.2 Å². The lowest BCUT2D eigenvalue weighted by atomic mass is 10.2. The van der Waals surface area contributed by atoms with E-state index in [4.69, 9.17) is 0 Å². The minimum absolute atomic E-state index is 0.0890. The van der Waals surface area contributed by atoms with E-state index in [0.29, 0.717) is 5.16 Å². The van der Waals surface area contributed by atoms with Crippen LogP contribution in [0.15, 0.2) is 88.5 Å². The van der Waals surface area contributed by atoms with Crippen LogP contribution in [0.25, 0.3) is 17.1 Å². The maximum Gasteiger partial charge on any atom is 0.234 e. The van der Waals surface area contributed by atoms with Gasteiger partial charge in [0.05, 0.1) is 5.75 Å². The molecule has 0 bridgehead atoms. The molecule has 0 unspecified atom stereocenters. The van der Waals surface area contributed by atoms with E-state index in [1.165, 1.54) is 11.8 Å². The van der Waals surface area contributed by atoms with E-state index in [2.05, 4.69) is 31.4 Å². The SMILES string of the molecule is Cc1ccc(NC(=O)CSc2nnc(-c3ccccc3Br)n2-c2ccccc2)cc1. The lowest BCUT2D eigenvalue weighted by molar-refractivity contribution is -0.113. The fourth-order valence-corrected chi connectivity index (χ4v) is 4.17. The van der Waals surface area contributed by atoms with Crippen LogP contribution in [0.3, 0.4) is 0 Å². The number of carbonyl (C=O) groups excluding carboxylic acids is 1. The topological polar surface area (TPSA) is 59.8 Å². The molecule has 1 aromatic heterocycles. The van der Waals surface area contributed by atoms with Crippen molar-refractivity contribution >= 4 is 39.3 Å². The van der Waals surface area contributed by atoms with Crippen molar-refractivity contribution in [1.29, 1.82) is 0 Å². The normalized spacial score (nSPS) is 10.7. The monoisotopic (exact) mass is 478 g/mol. The average molecular weight is 479 g/mol. The van der Waals surface area contributed by atoms with Gasteiger partial charge in [0.2, 0.25) is 5.91 Å². The van der Waals surface area contributed by atoms with Crippen LogP contribution in [0.2, 0.25) is 0 Å². The quantitative estimate of drug-likeness (QED) is 0.359. The zero-order chi connectivity index (χ0) is 20.9. The molecule has 30 heavy (non-hydrogen) atoms. The molecule has 0 saturated heterocycles. The Morgan fingerprint density at radius 2 is 1.67 bits per heavy atom. The molecule has 3 aromatic carbocycles. The van der Waals surface area contributed by atoms with E-state index < -0.39 is 0 Å². The number of aryl methyl sites for hydroxylation is 1. The van der Waals surface area contributed by atoms with Crippen molar-refractivity contribution in [3.8, 4) is 17.1 Å². The summed E-state index contributed by atoms with van der Waals surface area (Å²) < 4.78 is 2.91. The Balaban J connectivity index is 1.59. The maximum absolute atomic E-state index is 12.5. The number of rotatable bonds is 6. The molecule has 7 heteroatoms. The van der Waals surface area contributed by atoms with Crippen molar-refractivity contribution in [2.45, 2.75) is 12.1 Å². The first-order valence-corrected chi connectivity index (χ1v) is 11.1. The minimum atomic E-state index is -0.0890. The fraction of sp³-hybridized carbons (Fsp3) is 0.0870. The second kappa shape index (κ2) is 9.28. The summed E-state index contributed by atoms with van der Waals surface area (Å²) >= 11 is 4.96. The summed E-state index contributed by atoms with van der Waals surface area (Å²) in [6, 6.07) is 25.5. The molecule has 0 saturated carbocycles. The number of amides is 1. The third kappa shape index (κ3) is 4.63. The van der Waals surface area contributed by atoms with Gasteiger partial charge in [0, 0.05) is 21.4 Å². The van der Waals surface area contributed by atoms with Gasteiger partial charge in [0.15, 0.2) is 11.0 Å². The predicted molar refractivity (Wildman–Crippen MR) is 125 cm³/mol. The van der Waals surface area contributed by atoms with E-state index in [-0.39, 0.29) is 11.7 Å². The minimum Gasteiger partial charge on any atom is -0.325 e. The van der Waals surface area contributed by atoms with E-state index in [1.54, 1.807) is 0 Å². The molecule has 1 heterocycles. The van der Waals surface area contributed by atoms with Crippen LogP contribution < -0.4 is 5.32 Å². The highest BCUT2D eigenvalue weighted by atomic mass is 79.9. The van der Waals surface area contributed by atoms with Gasteiger partial charge in [0.25, 0.3) is 0 Å². The molecule has 5 nitrogen and oxygen atoms in total. The molecule has 0 aliphatic rings. The van der Waals surface area contributed by atoms with Gasteiger partial charge in [-0.25, -0.2) is 0 Å². The van der Waals surface area contributed by atoms with Gasteiger partial charge in [0.1, 0.15) is 0 Å². The first-order valence-electron chi connectivity index (χ1n) is 9.37. The second-order valence-electron chi connectivity index (χ2n) is 6.66. The van der Waals surface area contributed by atoms with Crippen LogP contribution in [0.5, 0.6) is 0 Å². The standard InChI is InChI=1S/C23H19BrN4OS/c1-16-11-13-17(14-12-16)25-21(29)15-30-23-27-26-22(19-9-5-6-10-20(19)24)28(23)18-7-3-2-4-8-18/h2-14H,15H2,1H3,(H,25,29). The van der Waals surface area contributed by atoms with Crippen molar-refractivity contribution in [1.82, 2.24) is 14.8 Å². The maximum atomic E-state index is 12.5. The van der Waals surface area contributed by atoms with Crippen LogP contribution >= 0.6 is 27.7 Å². The highest BCUT2D eigenvalue weighted by molar-refractivity contribution is 9.10. The van der Waals surface area contributed by atoms with E-state index in [0.717, 1.165) is 32.8 Å². The molecule has 4 aromatic rings. The Labute approximate surface area is 187 Å². The number of para-hydroxylation sites is 1. The van der Waals surface area contributed by atoms with Gasteiger partial charge in [-0.2, -0.15) is 0 Å². The summed E-state index contributed by atoms with van der Waals surface area (Å²) in [6.07, 6.45) is 0. The first kappa shape index (κ1) is 20.4. The molecule has 0 atom stereocenters. The Bertz CT molecular complexity index is 1160. The molecule has 1 N–H and O–H groups in total. The summed E-state index contributed by atoms with van der Waals surface area (Å²) in [6.45, 7) is 2.01. The Hall–Kier alpha value is -2.90. The summed E-state index contributed by atoms with van der Waals surface area (Å²) in [5.74, 6) is 0.860. The molecular formula is C23H19BrN4OS. The summed E-state index contributed by atoms with van der Waals surface area (Å²) in [4.78, 5) is 12.5. The second-order valence-corrected chi connectivity index (χ2v) is 8.46. The highest BCUT2D eigenvalue weighted by Gasteiger charge is 2.18. The summed E-state index contributed by atoms with van der Waals surface area (Å²) in [5.41, 5.74) is 3.81. The fourth-order valence-electron chi connectivity index (χ4n) is 2.95. The van der Waals surface area contributed by atoms with Gasteiger partial charge >= 0.3 is 0 Å². The molecule has 0 aliphatic carbocycles. The number of nitrogens with one attached hydrogen (secondary N) is 1. The molecular weight excluding hydrogens is 460 g/mol. The molecule has 150 valence electrons. The number of aromatic nitrogens is 3. The predicted octanol–water partition coefficient (Wildman–Crippen LogP) is 5.74. The van der Waals surface area contributed by atoms with Crippen LogP contribution in [-0.4, -0.2) is 26.4 Å². The van der Waals surface area contributed by atoms with Crippen molar-refractivity contribution in [3.63, 3.8) is 0 Å². The number of thioether (sulfide) groups is 1. The van der Waals surface area contributed by atoms with Crippen LogP contribution in [-0.2, 0) is 4.79 Å². The lowest BCUT2D eigenvalue weighted by Gasteiger charge is -2.11. The zero-order valence-electron chi connectivity index (χ0n) is 16.2. The Kier molecular flexibility index (Phi) is 6.30. The summed E-state index contributed by atoms with van der Waals surface area (Å²) in [7, 11) is 0. The number of hydrogen-bond donors (Lipinski definition) is 1. The smallest absolute Gasteiger partial charge is 0.234 e. The zero-order valence-corrected chi connectivity index (χ0v) is 18.7. The van der Waals surface area contributed by atoms with Crippen molar-refractivity contribution in [3.05, 3.63) is 88.9 Å². The number of benzene rings is 3. The van der Waals surface area contributed by atoms with Crippen molar-refractivity contribution < 1.29 is 4.79 Å². The van der Waals surface area contributed by atoms with Gasteiger partial charge < -0.3 is 5.32 Å². The third-order valence-corrected chi connectivity index (χ3v) is 6.05. The Morgan fingerprint density at radius 1 is 0.967 bits per heavy atom. The molecule has 4 rings (SSSR count). The Morgan fingerprint density at radius 3 is 2.40 bits per heavy atom. The third-order valence-electron chi connectivity index (χ3n) is 4.43. The molecule has 0 aliphatic heterocycles. The first-order chi connectivity index (χ1) is 14.6. The number of carbonyl (C=O) groups is 1. The number of hydrogen-bond acceptors (Lipinski definition) is 4. The lowest BCUT2D eigenvalue weighted by Crippen LogP contribution is -2.14. The summed E-state index contributed by atoms with van der Waals surface area (Å²) in [5, 5.41) is 12.4. The van der Waals surface area contributed by atoms with E-state index in [9.17, 15) is 4.79 Å². The van der Waals surface area contributed by atoms with Crippen LogP contribution in [0.4, 0.5) is 5.69 Å². The number of nitrogens with zero attached hydrogens (tertiary/aromatic N) is 3. The van der Waals surface area contributed by atoms with Gasteiger partial charge in [-0.1, -0.05) is 81.8 Å². The van der Waals surface area contributed by atoms with Crippen LogP contribution in [0.1, 0.15) is 5.56 Å². The molecule has 1 amide bonds. The van der Waals surface area contributed by atoms with Crippen molar-refractivity contribution in [2.24, 2.45) is 0 Å². The molecule has 0 spiro atoms.